The number of aromatic amines is 1. The van der Waals surface area contributed by atoms with Crippen molar-refractivity contribution in [3.05, 3.63) is 51.0 Å². The molecular formula is C24H24Cl2N4O8. The normalized spacial score (nSPS) is 11.6. The summed E-state index contributed by atoms with van der Waals surface area (Å²) in [5.74, 6) is -2.72. The standard InChI is InChI=1S/C24H24Cl2N4O8/c1-37-17-6-5-12-15(29-22-13(25)10-27-11-14(22)26)8-19(32)30-21(12)23(17)38-7-3-2-4-18(31)28-16(24(35)36)9-20(33)34/h5-6,8,10-11,16H,2-4,7,9H2,1H3,(H,28,31)(H,33,34)(H,35,36)(H2,27,29,30,32)/t16-/m0/s1. The van der Waals surface area contributed by atoms with E-state index in [2.05, 4.69) is 20.6 Å². The van der Waals surface area contributed by atoms with Crippen LogP contribution >= 0.6 is 23.2 Å². The zero-order chi connectivity index (χ0) is 27.8. The number of benzene rings is 1. The Labute approximate surface area is 225 Å². The third kappa shape index (κ3) is 7.26. The van der Waals surface area contributed by atoms with Crippen LogP contribution in [0, 0.1) is 0 Å². The van der Waals surface area contributed by atoms with Gasteiger partial charge in [-0.1, -0.05) is 23.2 Å². The molecule has 0 saturated heterocycles. The van der Waals surface area contributed by atoms with Crippen LogP contribution in [0.5, 0.6) is 11.5 Å². The van der Waals surface area contributed by atoms with Gasteiger partial charge in [-0.25, -0.2) is 4.79 Å². The van der Waals surface area contributed by atoms with Crippen molar-refractivity contribution in [2.24, 2.45) is 0 Å². The average Bonchev–Trinajstić information content (AvgIpc) is 2.85. The van der Waals surface area contributed by atoms with Gasteiger partial charge in [0.25, 0.3) is 5.56 Å². The van der Waals surface area contributed by atoms with Crippen molar-refractivity contribution in [3.8, 4) is 11.5 Å². The molecule has 0 fully saturated rings. The molecule has 3 aromatic rings. The van der Waals surface area contributed by atoms with Crippen LogP contribution in [0.25, 0.3) is 10.9 Å². The molecule has 0 bridgehead atoms. The molecule has 0 aliphatic rings. The summed E-state index contributed by atoms with van der Waals surface area (Å²) in [5, 5.41) is 24.2. The van der Waals surface area contributed by atoms with Gasteiger partial charge < -0.3 is 35.3 Å². The van der Waals surface area contributed by atoms with E-state index in [1.807, 2.05) is 0 Å². The van der Waals surface area contributed by atoms with Crippen LogP contribution < -0.4 is 25.7 Å². The number of unbranched alkanes of at least 4 members (excludes halogenated alkanes) is 1. The summed E-state index contributed by atoms with van der Waals surface area (Å²) in [6.45, 7) is 0.141. The van der Waals surface area contributed by atoms with Crippen molar-refractivity contribution in [1.82, 2.24) is 15.3 Å². The summed E-state index contributed by atoms with van der Waals surface area (Å²) in [5.41, 5.74) is 0.722. The second kappa shape index (κ2) is 13.0. The molecule has 1 aromatic carbocycles. The monoisotopic (exact) mass is 566 g/mol. The molecule has 0 radical (unpaired) electrons. The van der Waals surface area contributed by atoms with Gasteiger partial charge in [-0.05, 0) is 25.0 Å². The van der Waals surface area contributed by atoms with Crippen LogP contribution in [0.1, 0.15) is 25.7 Å². The number of anilines is 2. The molecule has 1 atom stereocenters. The van der Waals surface area contributed by atoms with Gasteiger partial charge in [-0.2, -0.15) is 0 Å². The summed E-state index contributed by atoms with van der Waals surface area (Å²) in [6.07, 6.45) is 2.81. The predicted octanol–water partition coefficient (Wildman–Crippen LogP) is 3.58. The van der Waals surface area contributed by atoms with Gasteiger partial charge in [0.2, 0.25) is 5.91 Å². The largest absolute Gasteiger partial charge is 0.493 e. The number of rotatable bonds is 13. The van der Waals surface area contributed by atoms with Crippen molar-refractivity contribution >= 4 is 63.3 Å². The maximum atomic E-state index is 12.5. The molecule has 38 heavy (non-hydrogen) atoms. The lowest BCUT2D eigenvalue weighted by molar-refractivity contribution is -0.147. The van der Waals surface area contributed by atoms with E-state index < -0.39 is 35.9 Å². The van der Waals surface area contributed by atoms with E-state index in [4.69, 9.17) is 42.9 Å². The first-order valence-electron chi connectivity index (χ1n) is 11.3. The van der Waals surface area contributed by atoms with Gasteiger partial charge in [0, 0.05) is 30.3 Å². The maximum absolute atomic E-state index is 12.5. The first-order chi connectivity index (χ1) is 18.1. The van der Waals surface area contributed by atoms with Crippen molar-refractivity contribution in [3.63, 3.8) is 0 Å². The highest BCUT2D eigenvalue weighted by molar-refractivity contribution is 6.39. The number of carbonyl (C=O) groups is 3. The number of hydrogen-bond acceptors (Lipinski definition) is 8. The molecule has 0 aliphatic carbocycles. The lowest BCUT2D eigenvalue weighted by Crippen LogP contribution is -2.42. The van der Waals surface area contributed by atoms with Gasteiger partial charge in [-0.3, -0.25) is 19.4 Å². The number of hydrogen-bond donors (Lipinski definition) is 5. The number of aromatic nitrogens is 2. The van der Waals surface area contributed by atoms with E-state index in [9.17, 15) is 19.2 Å². The molecule has 3 rings (SSSR count). The van der Waals surface area contributed by atoms with Crippen LogP contribution in [0.15, 0.2) is 35.4 Å². The molecule has 0 aliphatic heterocycles. The van der Waals surface area contributed by atoms with E-state index in [-0.39, 0.29) is 28.8 Å². The average molecular weight is 567 g/mol. The van der Waals surface area contributed by atoms with Crippen LogP contribution in [0.4, 0.5) is 11.4 Å². The minimum atomic E-state index is -1.51. The number of fused-ring (bicyclic) bond motifs is 1. The molecule has 1 amide bonds. The Bertz CT molecular complexity index is 1390. The number of nitrogens with one attached hydrogen (secondary N) is 3. The number of pyridine rings is 2. The smallest absolute Gasteiger partial charge is 0.326 e. The number of nitrogens with zero attached hydrogens (tertiary/aromatic N) is 1. The quantitative estimate of drug-likeness (QED) is 0.192. The molecule has 5 N–H and O–H groups in total. The second-order valence-electron chi connectivity index (χ2n) is 8.03. The van der Waals surface area contributed by atoms with Gasteiger partial charge in [0.1, 0.15) is 6.04 Å². The SMILES string of the molecule is COc1ccc2c(Nc3c(Cl)cncc3Cl)cc(=O)[nH]c2c1OCCCCC(=O)N[C@@H](CC(=O)O)C(=O)O. The number of ether oxygens (including phenoxy) is 2. The minimum Gasteiger partial charge on any atom is -0.493 e. The first kappa shape index (κ1) is 28.5. The van der Waals surface area contributed by atoms with Crippen LogP contribution in [-0.4, -0.2) is 57.8 Å². The van der Waals surface area contributed by atoms with Crippen molar-refractivity contribution < 1.29 is 34.1 Å². The van der Waals surface area contributed by atoms with E-state index in [1.165, 1.54) is 25.6 Å². The summed E-state index contributed by atoms with van der Waals surface area (Å²) >= 11 is 12.4. The highest BCUT2D eigenvalue weighted by Gasteiger charge is 2.22. The number of aliphatic carboxylic acids is 2. The molecule has 14 heteroatoms. The zero-order valence-corrected chi connectivity index (χ0v) is 21.6. The number of carbonyl (C=O) groups excluding carboxylic acids is 1. The predicted molar refractivity (Wildman–Crippen MR) is 140 cm³/mol. The van der Waals surface area contributed by atoms with E-state index in [0.717, 1.165) is 0 Å². The first-order valence-corrected chi connectivity index (χ1v) is 12.0. The lowest BCUT2D eigenvalue weighted by Gasteiger charge is -2.16. The number of methoxy groups -OCH3 is 1. The highest BCUT2D eigenvalue weighted by Crippen LogP contribution is 2.39. The number of carboxylic acids is 2. The highest BCUT2D eigenvalue weighted by atomic mass is 35.5. The fourth-order valence-electron chi connectivity index (χ4n) is 3.56. The number of carboxylic acid groups (broad SMARTS) is 2. The Morgan fingerprint density at radius 2 is 1.84 bits per heavy atom. The molecule has 0 saturated carbocycles. The Morgan fingerprint density at radius 1 is 1.13 bits per heavy atom. The minimum absolute atomic E-state index is 0.0300. The summed E-state index contributed by atoms with van der Waals surface area (Å²) in [4.78, 5) is 53.0. The van der Waals surface area contributed by atoms with Gasteiger partial charge in [0.05, 0.1) is 47.1 Å². The lowest BCUT2D eigenvalue weighted by atomic mass is 10.1. The van der Waals surface area contributed by atoms with Crippen molar-refractivity contribution in [2.75, 3.05) is 19.0 Å². The van der Waals surface area contributed by atoms with E-state index in [1.54, 1.807) is 12.1 Å². The molecule has 202 valence electrons. The molecular weight excluding hydrogens is 543 g/mol. The molecule has 12 nitrogen and oxygen atoms in total. The fourth-order valence-corrected chi connectivity index (χ4v) is 4.02. The number of halogens is 2. The summed E-state index contributed by atoms with van der Waals surface area (Å²) in [7, 11) is 1.45. The zero-order valence-electron chi connectivity index (χ0n) is 20.0. The summed E-state index contributed by atoms with van der Waals surface area (Å²) < 4.78 is 11.3. The molecule has 0 unspecified atom stereocenters. The molecule has 2 aromatic heterocycles. The molecule has 0 spiro atoms. The third-order valence-corrected chi connectivity index (χ3v) is 5.90. The second-order valence-corrected chi connectivity index (χ2v) is 8.85. The van der Waals surface area contributed by atoms with E-state index >= 15 is 0 Å². The van der Waals surface area contributed by atoms with Crippen molar-refractivity contribution in [2.45, 2.75) is 31.7 Å². The topological polar surface area (TPSA) is 180 Å². The van der Waals surface area contributed by atoms with Crippen LogP contribution in [0.3, 0.4) is 0 Å². The van der Waals surface area contributed by atoms with Gasteiger partial charge in [-0.15, -0.1) is 0 Å². The van der Waals surface area contributed by atoms with Gasteiger partial charge in [0.15, 0.2) is 11.5 Å². The Hall–Kier alpha value is -4.03. The van der Waals surface area contributed by atoms with E-state index in [0.29, 0.717) is 40.9 Å². The Balaban J connectivity index is 1.72. The maximum Gasteiger partial charge on any atom is 0.326 e. The fraction of sp³-hybridized carbons (Fsp3) is 0.292. The third-order valence-electron chi connectivity index (χ3n) is 5.33. The summed E-state index contributed by atoms with van der Waals surface area (Å²) in [6, 6.07) is 3.23. The van der Waals surface area contributed by atoms with Crippen LogP contribution in [-0.2, 0) is 14.4 Å². The van der Waals surface area contributed by atoms with Crippen LogP contribution in [0.2, 0.25) is 10.0 Å². The Kier molecular flexibility index (Phi) is 9.74. The van der Waals surface area contributed by atoms with Gasteiger partial charge >= 0.3 is 11.9 Å². The molecule has 2 heterocycles. The number of H-pyrrole nitrogens is 1. The number of amides is 1. The Morgan fingerprint density at radius 3 is 2.47 bits per heavy atom. The van der Waals surface area contributed by atoms with Crippen molar-refractivity contribution in [1.29, 1.82) is 0 Å².